The Morgan fingerprint density at radius 3 is 2.11 bits per heavy atom. The van der Waals surface area contributed by atoms with Crippen LogP contribution in [0.25, 0.3) is 6.08 Å². The molecule has 1 nitrogen and oxygen atoms in total. The van der Waals surface area contributed by atoms with Crippen molar-refractivity contribution in [2.45, 2.75) is 13.8 Å². The van der Waals surface area contributed by atoms with E-state index < -0.39 is 0 Å². The van der Waals surface area contributed by atoms with Crippen molar-refractivity contribution in [1.82, 2.24) is 0 Å². The highest BCUT2D eigenvalue weighted by atomic mass is 16.1. The summed E-state index contributed by atoms with van der Waals surface area (Å²) in [6.45, 7) is 4.11. The molecule has 0 aliphatic heterocycles. The van der Waals surface area contributed by atoms with Crippen molar-refractivity contribution in [3.8, 4) is 0 Å². The first-order valence-electron chi connectivity index (χ1n) is 6.02. The number of ketones is 1. The second-order valence-electron chi connectivity index (χ2n) is 4.37. The van der Waals surface area contributed by atoms with Crippen LogP contribution in [-0.4, -0.2) is 5.78 Å². The molecule has 0 aromatic heterocycles. The van der Waals surface area contributed by atoms with Crippen LogP contribution in [0.2, 0.25) is 0 Å². The molecule has 1 heteroatoms. The van der Waals surface area contributed by atoms with E-state index in [1.54, 1.807) is 6.08 Å². The Labute approximate surface area is 108 Å². The smallest absolute Gasteiger partial charge is 0.185 e. The Bertz CT molecular complexity index is 560. The van der Waals surface area contributed by atoms with Crippen LogP contribution in [0.3, 0.4) is 0 Å². The van der Waals surface area contributed by atoms with Crippen LogP contribution in [0.15, 0.2) is 54.6 Å². The lowest BCUT2D eigenvalue weighted by molar-refractivity contribution is 0.104. The van der Waals surface area contributed by atoms with E-state index in [4.69, 9.17) is 0 Å². The summed E-state index contributed by atoms with van der Waals surface area (Å²) >= 11 is 0. The first kappa shape index (κ1) is 12.3. The number of allylic oxidation sites excluding steroid dienone is 1. The van der Waals surface area contributed by atoms with Gasteiger partial charge in [-0.3, -0.25) is 4.79 Å². The monoisotopic (exact) mass is 236 g/mol. The fourth-order valence-electron chi connectivity index (χ4n) is 1.95. The van der Waals surface area contributed by atoms with Crippen molar-refractivity contribution in [1.29, 1.82) is 0 Å². The summed E-state index contributed by atoms with van der Waals surface area (Å²) in [7, 11) is 0. The standard InChI is InChI=1S/C17H16O/c1-13-7-6-8-14(2)16(13)11-12-17(18)15-9-4-3-5-10-15/h3-12H,1-2H3/b12-11-. The number of hydrogen-bond acceptors (Lipinski definition) is 1. The molecule has 0 N–H and O–H groups in total. The normalized spacial score (nSPS) is 10.8. The number of benzene rings is 2. The molecule has 2 aromatic carbocycles. The van der Waals surface area contributed by atoms with Crippen LogP contribution < -0.4 is 0 Å². The second-order valence-corrected chi connectivity index (χ2v) is 4.37. The summed E-state index contributed by atoms with van der Waals surface area (Å²) < 4.78 is 0. The van der Waals surface area contributed by atoms with Crippen molar-refractivity contribution < 1.29 is 4.79 Å². The number of carbonyl (C=O) groups is 1. The van der Waals surface area contributed by atoms with E-state index in [0.717, 1.165) is 11.1 Å². The maximum atomic E-state index is 12.0. The summed E-state index contributed by atoms with van der Waals surface area (Å²) in [6, 6.07) is 15.5. The molecule has 0 amide bonds. The highest BCUT2D eigenvalue weighted by Gasteiger charge is 2.01. The van der Waals surface area contributed by atoms with Gasteiger partial charge < -0.3 is 0 Å². The van der Waals surface area contributed by atoms with Gasteiger partial charge in [0.25, 0.3) is 0 Å². The SMILES string of the molecule is Cc1cccc(C)c1/C=C\C(=O)c1ccccc1. The summed E-state index contributed by atoms with van der Waals surface area (Å²) in [6.07, 6.45) is 3.55. The average Bonchev–Trinajstić information content (AvgIpc) is 2.39. The minimum atomic E-state index is 0.0400. The molecule has 0 saturated carbocycles. The Morgan fingerprint density at radius 2 is 1.50 bits per heavy atom. The van der Waals surface area contributed by atoms with Gasteiger partial charge in [-0.15, -0.1) is 0 Å². The van der Waals surface area contributed by atoms with Gasteiger partial charge >= 0.3 is 0 Å². The Kier molecular flexibility index (Phi) is 3.73. The van der Waals surface area contributed by atoms with Gasteiger partial charge in [0.15, 0.2) is 5.78 Å². The molecule has 0 heterocycles. The van der Waals surface area contributed by atoms with Gasteiger partial charge in [0.05, 0.1) is 0 Å². The highest BCUT2D eigenvalue weighted by molar-refractivity contribution is 6.06. The molecule has 2 rings (SSSR count). The first-order valence-corrected chi connectivity index (χ1v) is 6.02. The topological polar surface area (TPSA) is 17.1 Å². The van der Waals surface area contributed by atoms with Crippen LogP contribution >= 0.6 is 0 Å². The number of aryl methyl sites for hydroxylation is 2. The van der Waals surface area contributed by atoms with Gasteiger partial charge in [-0.1, -0.05) is 54.6 Å². The Balaban J connectivity index is 2.24. The summed E-state index contributed by atoms with van der Waals surface area (Å²) in [4.78, 5) is 12.0. The Morgan fingerprint density at radius 1 is 0.889 bits per heavy atom. The number of hydrogen-bond donors (Lipinski definition) is 0. The van der Waals surface area contributed by atoms with E-state index in [-0.39, 0.29) is 5.78 Å². The molecule has 0 spiro atoms. The molecule has 0 radical (unpaired) electrons. The molecule has 0 bridgehead atoms. The lowest BCUT2D eigenvalue weighted by Gasteiger charge is -2.03. The van der Waals surface area contributed by atoms with Crippen LogP contribution in [0.1, 0.15) is 27.0 Å². The summed E-state index contributed by atoms with van der Waals surface area (Å²) in [5, 5.41) is 0. The molecule has 0 saturated heterocycles. The Hall–Kier alpha value is -2.15. The van der Waals surface area contributed by atoms with Crippen molar-refractivity contribution >= 4 is 11.9 Å². The molecular weight excluding hydrogens is 220 g/mol. The first-order chi connectivity index (χ1) is 8.68. The lowest BCUT2D eigenvalue weighted by Crippen LogP contribution is -1.93. The van der Waals surface area contributed by atoms with Crippen LogP contribution in [0.4, 0.5) is 0 Å². The molecule has 2 aromatic rings. The van der Waals surface area contributed by atoms with E-state index in [1.165, 1.54) is 11.1 Å². The molecule has 0 atom stereocenters. The van der Waals surface area contributed by atoms with Gasteiger partial charge in [0.2, 0.25) is 0 Å². The molecule has 18 heavy (non-hydrogen) atoms. The van der Waals surface area contributed by atoms with Crippen LogP contribution in [0, 0.1) is 13.8 Å². The van der Waals surface area contributed by atoms with Gasteiger partial charge in [-0.05, 0) is 36.6 Å². The molecule has 0 aliphatic rings. The third-order valence-corrected chi connectivity index (χ3v) is 3.00. The maximum absolute atomic E-state index is 12.0. The van der Waals surface area contributed by atoms with E-state index >= 15 is 0 Å². The lowest BCUT2D eigenvalue weighted by atomic mass is 10.0. The average molecular weight is 236 g/mol. The molecule has 0 unspecified atom stereocenters. The van der Waals surface area contributed by atoms with E-state index in [9.17, 15) is 4.79 Å². The van der Waals surface area contributed by atoms with Crippen LogP contribution in [-0.2, 0) is 0 Å². The van der Waals surface area contributed by atoms with Gasteiger partial charge in [0, 0.05) is 5.56 Å². The second kappa shape index (κ2) is 5.46. The van der Waals surface area contributed by atoms with Crippen molar-refractivity contribution in [2.75, 3.05) is 0 Å². The highest BCUT2D eigenvalue weighted by Crippen LogP contribution is 2.15. The third-order valence-electron chi connectivity index (χ3n) is 3.00. The zero-order valence-corrected chi connectivity index (χ0v) is 10.7. The third kappa shape index (κ3) is 2.75. The largest absolute Gasteiger partial charge is 0.289 e. The summed E-state index contributed by atoms with van der Waals surface area (Å²) in [5.41, 5.74) is 4.22. The van der Waals surface area contributed by atoms with Crippen molar-refractivity contribution in [3.63, 3.8) is 0 Å². The summed E-state index contributed by atoms with van der Waals surface area (Å²) in [5.74, 6) is 0.0400. The van der Waals surface area contributed by atoms with E-state index in [0.29, 0.717) is 0 Å². The molecule has 90 valence electrons. The molecule has 0 fully saturated rings. The van der Waals surface area contributed by atoms with Crippen molar-refractivity contribution in [3.05, 3.63) is 76.9 Å². The number of carbonyl (C=O) groups excluding carboxylic acids is 1. The predicted molar refractivity (Wildman–Crippen MR) is 75.7 cm³/mol. The minimum absolute atomic E-state index is 0.0400. The maximum Gasteiger partial charge on any atom is 0.185 e. The van der Waals surface area contributed by atoms with E-state index in [2.05, 4.69) is 26.0 Å². The van der Waals surface area contributed by atoms with Gasteiger partial charge in [-0.25, -0.2) is 0 Å². The van der Waals surface area contributed by atoms with Crippen molar-refractivity contribution in [2.24, 2.45) is 0 Å². The fraction of sp³-hybridized carbons (Fsp3) is 0.118. The van der Waals surface area contributed by atoms with Gasteiger partial charge in [0.1, 0.15) is 0 Å². The molecule has 0 aliphatic carbocycles. The zero-order valence-electron chi connectivity index (χ0n) is 10.7. The predicted octanol–water partition coefficient (Wildman–Crippen LogP) is 4.20. The quantitative estimate of drug-likeness (QED) is 0.576. The molecular formula is C17H16O. The fourth-order valence-corrected chi connectivity index (χ4v) is 1.95. The van der Waals surface area contributed by atoms with E-state index in [1.807, 2.05) is 42.5 Å². The zero-order chi connectivity index (χ0) is 13.0. The number of rotatable bonds is 3. The van der Waals surface area contributed by atoms with Gasteiger partial charge in [-0.2, -0.15) is 0 Å². The minimum Gasteiger partial charge on any atom is -0.289 e. The van der Waals surface area contributed by atoms with Crippen LogP contribution in [0.5, 0.6) is 0 Å².